The van der Waals surface area contributed by atoms with Crippen molar-refractivity contribution in [2.75, 3.05) is 0 Å². The van der Waals surface area contributed by atoms with Crippen molar-refractivity contribution in [3.8, 4) is 0 Å². The molecule has 0 N–H and O–H groups in total. The van der Waals surface area contributed by atoms with Crippen molar-refractivity contribution < 1.29 is 17.4 Å². The highest BCUT2D eigenvalue weighted by atomic mass is 79.9. The van der Waals surface area contributed by atoms with Crippen LogP contribution in [-0.4, -0.2) is 14.7 Å². The summed E-state index contributed by atoms with van der Waals surface area (Å²) in [6.07, 6.45) is 0. The SMILES string of the molecule is O=S(c1ccc(Br)nc1Cl)C(F)(F)F. The molecule has 0 aromatic carbocycles. The standard InChI is InChI=1S/C6H2BrClF3NOS/c7-4-2-1-3(5(8)12-4)14(13)6(9,10)11/h1-2H. The van der Waals surface area contributed by atoms with Crippen molar-refractivity contribution in [3.63, 3.8) is 0 Å². The van der Waals surface area contributed by atoms with Crippen molar-refractivity contribution in [2.45, 2.75) is 10.4 Å². The van der Waals surface area contributed by atoms with Crippen LogP contribution in [0.25, 0.3) is 0 Å². The van der Waals surface area contributed by atoms with E-state index in [4.69, 9.17) is 11.6 Å². The van der Waals surface area contributed by atoms with Crippen LogP contribution in [0.5, 0.6) is 0 Å². The maximum Gasteiger partial charge on any atom is 0.475 e. The molecule has 1 rings (SSSR count). The molecule has 78 valence electrons. The van der Waals surface area contributed by atoms with Gasteiger partial charge in [0.05, 0.1) is 4.90 Å². The van der Waals surface area contributed by atoms with Crippen molar-refractivity contribution in [1.82, 2.24) is 4.98 Å². The van der Waals surface area contributed by atoms with E-state index < -0.39 is 26.4 Å². The number of hydrogen-bond acceptors (Lipinski definition) is 2. The molecule has 0 bridgehead atoms. The third kappa shape index (κ3) is 2.68. The molecule has 0 aliphatic heterocycles. The first kappa shape index (κ1) is 11.9. The van der Waals surface area contributed by atoms with Crippen LogP contribution < -0.4 is 0 Å². The molecule has 0 fully saturated rings. The average molecular weight is 309 g/mol. The van der Waals surface area contributed by atoms with Crippen LogP contribution in [0.3, 0.4) is 0 Å². The fourth-order valence-corrected chi connectivity index (χ4v) is 2.08. The van der Waals surface area contributed by atoms with Gasteiger partial charge in [-0.3, -0.25) is 0 Å². The summed E-state index contributed by atoms with van der Waals surface area (Å²) in [6.45, 7) is 0. The third-order valence-corrected chi connectivity index (χ3v) is 3.18. The highest BCUT2D eigenvalue weighted by Crippen LogP contribution is 2.30. The molecule has 0 amide bonds. The smallest absolute Gasteiger partial charge is 0.245 e. The number of aromatic nitrogens is 1. The summed E-state index contributed by atoms with van der Waals surface area (Å²) >= 11 is 8.32. The summed E-state index contributed by atoms with van der Waals surface area (Å²) in [5.74, 6) is 0. The summed E-state index contributed by atoms with van der Waals surface area (Å²) < 4.78 is 47.2. The van der Waals surface area contributed by atoms with E-state index in [0.717, 1.165) is 6.07 Å². The molecule has 1 unspecified atom stereocenters. The summed E-state index contributed by atoms with van der Waals surface area (Å²) in [4.78, 5) is 2.96. The molecule has 2 nitrogen and oxygen atoms in total. The van der Waals surface area contributed by atoms with Gasteiger partial charge in [-0.15, -0.1) is 0 Å². The Morgan fingerprint density at radius 1 is 1.43 bits per heavy atom. The molecule has 14 heavy (non-hydrogen) atoms. The van der Waals surface area contributed by atoms with Gasteiger partial charge in [0.1, 0.15) is 9.76 Å². The molecule has 1 atom stereocenters. The highest BCUT2D eigenvalue weighted by Gasteiger charge is 2.39. The van der Waals surface area contributed by atoms with Gasteiger partial charge >= 0.3 is 5.51 Å². The molecule has 1 heterocycles. The minimum absolute atomic E-state index is 0.283. The van der Waals surface area contributed by atoms with Crippen molar-refractivity contribution in [1.29, 1.82) is 0 Å². The van der Waals surface area contributed by atoms with Crippen LogP contribution in [0.2, 0.25) is 5.15 Å². The lowest BCUT2D eigenvalue weighted by Gasteiger charge is -2.06. The van der Waals surface area contributed by atoms with E-state index in [-0.39, 0.29) is 4.60 Å². The zero-order chi connectivity index (χ0) is 10.9. The van der Waals surface area contributed by atoms with Crippen molar-refractivity contribution in [3.05, 3.63) is 21.9 Å². The minimum Gasteiger partial charge on any atom is -0.245 e. The van der Waals surface area contributed by atoms with Gasteiger partial charge in [0, 0.05) is 0 Å². The van der Waals surface area contributed by atoms with Gasteiger partial charge in [-0.25, -0.2) is 9.19 Å². The number of hydrogen-bond donors (Lipinski definition) is 0. The predicted molar refractivity (Wildman–Crippen MR) is 49.4 cm³/mol. The Hall–Kier alpha value is -0.140. The Morgan fingerprint density at radius 2 is 2.00 bits per heavy atom. The van der Waals surface area contributed by atoms with Crippen LogP contribution in [0, 0.1) is 0 Å². The van der Waals surface area contributed by atoms with E-state index in [1.54, 1.807) is 0 Å². The lowest BCUT2D eigenvalue weighted by atomic mass is 10.5. The Balaban J connectivity index is 3.15. The number of pyridine rings is 1. The molecule has 8 heteroatoms. The van der Waals surface area contributed by atoms with Gasteiger partial charge in [0.15, 0.2) is 10.8 Å². The van der Waals surface area contributed by atoms with E-state index in [1.807, 2.05) is 0 Å². The topological polar surface area (TPSA) is 30.0 Å². The molecule has 0 saturated heterocycles. The van der Waals surface area contributed by atoms with Gasteiger partial charge in [-0.1, -0.05) is 11.6 Å². The van der Waals surface area contributed by atoms with Crippen LogP contribution in [0.4, 0.5) is 13.2 Å². The van der Waals surface area contributed by atoms with Gasteiger partial charge in [-0.05, 0) is 28.1 Å². The first-order valence-electron chi connectivity index (χ1n) is 3.13. The van der Waals surface area contributed by atoms with Crippen molar-refractivity contribution in [2.24, 2.45) is 0 Å². The molecule has 0 aliphatic rings. The molecular formula is C6H2BrClF3NOS. The number of halogens is 5. The molecule has 0 spiro atoms. The zero-order valence-electron chi connectivity index (χ0n) is 6.31. The first-order chi connectivity index (χ1) is 6.32. The van der Waals surface area contributed by atoms with Gasteiger partial charge in [0.2, 0.25) is 0 Å². The number of alkyl halides is 3. The molecular weight excluding hydrogens is 306 g/mol. The largest absolute Gasteiger partial charge is 0.475 e. The van der Waals surface area contributed by atoms with Crippen LogP contribution in [-0.2, 0) is 10.8 Å². The molecule has 0 aliphatic carbocycles. The molecule has 0 radical (unpaired) electrons. The fourth-order valence-electron chi connectivity index (χ4n) is 0.662. The quantitative estimate of drug-likeness (QED) is 0.746. The van der Waals surface area contributed by atoms with E-state index in [2.05, 4.69) is 20.9 Å². The molecule has 0 saturated carbocycles. The van der Waals surface area contributed by atoms with E-state index in [0.29, 0.717) is 0 Å². The zero-order valence-corrected chi connectivity index (χ0v) is 9.47. The Kier molecular flexibility index (Phi) is 3.54. The number of rotatable bonds is 1. The summed E-state index contributed by atoms with van der Waals surface area (Å²) in [5, 5.41) is -0.421. The maximum atomic E-state index is 12.0. The lowest BCUT2D eigenvalue weighted by molar-refractivity contribution is -0.0384. The van der Waals surface area contributed by atoms with Gasteiger partial charge < -0.3 is 0 Å². The first-order valence-corrected chi connectivity index (χ1v) is 5.45. The molecule has 1 aromatic rings. The van der Waals surface area contributed by atoms with Crippen LogP contribution in [0.15, 0.2) is 21.6 Å². The molecule has 1 aromatic heterocycles. The Labute approximate surface area is 93.1 Å². The summed E-state index contributed by atoms with van der Waals surface area (Å²) in [5.41, 5.74) is -4.82. The van der Waals surface area contributed by atoms with Crippen LogP contribution in [0.1, 0.15) is 0 Å². The normalized spacial score (nSPS) is 14.1. The monoisotopic (exact) mass is 307 g/mol. The van der Waals surface area contributed by atoms with Gasteiger partial charge in [-0.2, -0.15) is 13.2 Å². The second-order valence-electron chi connectivity index (χ2n) is 2.14. The summed E-state index contributed by atoms with van der Waals surface area (Å²) in [7, 11) is -3.14. The van der Waals surface area contributed by atoms with E-state index >= 15 is 0 Å². The average Bonchev–Trinajstić information content (AvgIpc) is 2.01. The predicted octanol–water partition coefficient (Wildman–Crippen LogP) is 3.12. The van der Waals surface area contributed by atoms with E-state index in [1.165, 1.54) is 6.07 Å². The lowest BCUT2D eigenvalue weighted by Crippen LogP contribution is -2.16. The highest BCUT2D eigenvalue weighted by molar-refractivity contribution is 9.10. The Bertz CT molecular complexity index is 384. The van der Waals surface area contributed by atoms with E-state index in [9.17, 15) is 17.4 Å². The third-order valence-electron chi connectivity index (χ3n) is 1.19. The summed E-state index contributed by atoms with van der Waals surface area (Å²) in [6, 6.07) is 2.26. The van der Waals surface area contributed by atoms with Crippen molar-refractivity contribution >= 4 is 38.3 Å². The fraction of sp³-hybridized carbons (Fsp3) is 0.167. The minimum atomic E-state index is -4.82. The second kappa shape index (κ2) is 4.16. The second-order valence-corrected chi connectivity index (χ2v) is 4.75. The number of nitrogens with zero attached hydrogens (tertiary/aromatic N) is 1. The van der Waals surface area contributed by atoms with Gasteiger partial charge in [0.25, 0.3) is 0 Å². The van der Waals surface area contributed by atoms with Crippen LogP contribution >= 0.6 is 27.5 Å². The Morgan fingerprint density at radius 3 is 2.43 bits per heavy atom. The maximum absolute atomic E-state index is 12.0.